The summed E-state index contributed by atoms with van der Waals surface area (Å²) in [4.78, 5) is 0. The molecule has 0 aliphatic carbocycles. The molecule has 4 aromatic rings. The molecule has 4 aromatic carbocycles. The average molecular weight is 608 g/mol. The number of hydrogen-bond acceptors (Lipinski definition) is 3. The van der Waals surface area contributed by atoms with Crippen molar-refractivity contribution in [3.05, 3.63) is 118 Å². The molecule has 0 spiro atoms. The minimum absolute atomic E-state index is 0.706. The highest BCUT2D eigenvalue weighted by molar-refractivity contribution is 6.39. The van der Waals surface area contributed by atoms with Crippen LogP contribution in [0.3, 0.4) is 0 Å². The van der Waals surface area contributed by atoms with Crippen molar-refractivity contribution < 1.29 is 19.7 Å². The predicted octanol–water partition coefficient (Wildman–Crippen LogP) is 9.83. The van der Waals surface area contributed by atoms with Crippen LogP contribution >= 0.6 is 0 Å². The average Bonchev–Trinajstić information content (AvgIpc) is 3.04. The molecule has 45 heavy (non-hydrogen) atoms. The Kier molecular flexibility index (Phi) is 15.1. The molecule has 0 bridgehead atoms. The third-order valence-corrected chi connectivity index (χ3v) is 8.13. The number of benzene rings is 4. The van der Waals surface area contributed by atoms with Crippen molar-refractivity contribution in [2.75, 3.05) is 0 Å². The van der Waals surface area contributed by atoms with Crippen molar-refractivity contribution in [3.8, 4) is 17.2 Å². The van der Waals surface area contributed by atoms with Gasteiger partial charge in [0.15, 0.2) is 11.4 Å². The van der Waals surface area contributed by atoms with Gasteiger partial charge in [0, 0.05) is 11.1 Å². The Morgan fingerprint density at radius 3 is 1.40 bits per heavy atom. The van der Waals surface area contributed by atoms with Crippen molar-refractivity contribution in [1.82, 2.24) is 0 Å². The Hall–Kier alpha value is -3.70. The Labute approximate surface area is 273 Å². The second-order valence-corrected chi connectivity index (χ2v) is 12.0. The van der Waals surface area contributed by atoms with Gasteiger partial charge in [-0.05, 0) is 94.7 Å². The molecule has 5 heteroatoms. The highest BCUT2D eigenvalue weighted by atomic mass is 16.7. The van der Waals surface area contributed by atoms with Crippen LogP contribution in [0.15, 0.2) is 72.8 Å². The zero-order chi connectivity index (χ0) is 32.6. The van der Waals surface area contributed by atoms with E-state index >= 15 is 0 Å². The summed E-state index contributed by atoms with van der Waals surface area (Å²) in [6.45, 7) is 15.2. The molecule has 0 amide bonds. The Morgan fingerprint density at radius 1 is 0.556 bits per heavy atom. The molecule has 240 valence electrons. The first kappa shape index (κ1) is 35.8. The van der Waals surface area contributed by atoms with E-state index in [0.717, 1.165) is 69.2 Å². The van der Waals surface area contributed by atoms with Gasteiger partial charge in [0.25, 0.3) is 0 Å². The molecular formula is C40H54BNO3. The minimum Gasteiger partial charge on any atom is -0.490 e. The summed E-state index contributed by atoms with van der Waals surface area (Å²) in [6.07, 6.45) is 9.85. The zero-order valence-electron chi connectivity index (χ0n) is 28.8. The van der Waals surface area contributed by atoms with Gasteiger partial charge in [0.05, 0.1) is 0 Å². The molecule has 4 nitrogen and oxygen atoms in total. The normalized spacial score (nSPS) is 10.6. The third-order valence-electron chi connectivity index (χ3n) is 8.13. The van der Waals surface area contributed by atoms with Crippen molar-refractivity contribution >= 4 is 13.0 Å². The van der Waals surface area contributed by atoms with Crippen LogP contribution in [-0.2, 0) is 19.3 Å². The van der Waals surface area contributed by atoms with Crippen molar-refractivity contribution in [2.45, 2.75) is 106 Å². The molecule has 4 rings (SSSR count). The van der Waals surface area contributed by atoms with Gasteiger partial charge in [0.1, 0.15) is 11.5 Å². The summed E-state index contributed by atoms with van der Waals surface area (Å²) in [7, 11) is -0.943. The molecule has 0 unspecified atom stereocenters. The SMILES string of the molecule is CCCCc1c(C)c(CCCC)c(CCCC)c(OB(Oc2ccc(C)cc2)Oc2ccc(C)cc2)c1[NH3+].Cc1cc[c-]cc1. The van der Waals surface area contributed by atoms with Gasteiger partial charge in [-0.3, -0.25) is 0 Å². The lowest BCUT2D eigenvalue weighted by Crippen LogP contribution is -2.45. The quantitative estimate of drug-likeness (QED) is 0.108. The molecular weight excluding hydrogens is 553 g/mol. The number of hydrogen-bond donors (Lipinski definition) is 1. The van der Waals surface area contributed by atoms with Gasteiger partial charge in [-0.15, -0.1) is 0 Å². The lowest BCUT2D eigenvalue weighted by molar-refractivity contribution is -0.257. The molecule has 0 saturated carbocycles. The fourth-order valence-corrected chi connectivity index (χ4v) is 5.33. The molecule has 0 aliphatic rings. The lowest BCUT2D eigenvalue weighted by atomic mass is 9.86. The van der Waals surface area contributed by atoms with Crippen LogP contribution in [0.1, 0.15) is 98.2 Å². The first-order valence-corrected chi connectivity index (χ1v) is 16.8. The maximum atomic E-state index is 6.73. The van der Waals surface area contributed by atoms with E-state index < -0.39 is 7.32 Å². The molecule has 0 fully saturated rings. The standard InChI is InChI=1S/C33H46BNO3.C7H7/c1-7-10-13-29-26(6)30(14-11-8-2)32(35)33(31(29)15-12-9-3)38-34(36-27-20-16-24(4)17-21-27)37-28-22-18-25(5)19-23-28;1-7-5-3-2-4-6-7/h16-23H,7-15,35H2,1-6H3;3-6H,1H3/q;-1/p+1. The van der Waals surface area contributed by atoms with Gasteiger partial charge >= 0.3 is 7.32 Å². The van der Waals surface area contributed by atoms with Gasteiger partial charge in [-0.1, -0.05) is 82.3 Å². The summed E-state index contributed by atoms with van der Waals surface area (Å²) in [5, 5.41) is 0. The van der Waals surface area contributed by atoms with Crippen LogP contribution in [0.5, 0.6) is 17.2 Å². The molecule has 0 aromatic heterocycles. The topological polar surface area (TPSA) is 55.3 Å². The Balaban J connectivity index is 0.000000693. The number of rotatable bonds is 15. The van der Waals surface area contributed by atoms with Crippen LogP contribution in [0, 0.1) is 33.8 Å². The highest BCUT2D eigenvalue weighted by Gasteiger charge is 2.34. The fraction of sp³-hybridized carbons (Fsp3) is 0.400. The van der Waals surface area contributed by atoms with E-state index in [9.17, 15) is 0 Å². The fourth-order valence-electron chi connectivity index (χ4n) is 5.33. The van der Waals surface area contributed by atoms with E-state index in [2.05, 4.69) is 60.3 Å². The Bertz CT molecular complexity index is 1370. The van der Waals surface area contributed by atoms with E-state index in [-0.39, 0.29) is 0 Å². The summed E-state index contributed by atoms with van der Waals surface area (Å²) in [6, 6.07) is 26.8. The smallest absolute Gasteiger partial charge is 0.490 e. The van der Waals surface area contributed by atoms with Crippen molar-refractivity contribution in [1.29, 1.82) is 0 Å². The van der Waals surface area contributed by atoms with Gasteiger partial charge in [-0.25, -0.2) is 0 Å². The van der Waals surface area contributed by atoms with E-state index in [4.69, 9.17) is 14.0 Å². The maximum absolute atomic E-state index is 6.73. The summed E-state index contributed by atoms with van der Waals surface area (Å²) in [5.41, 5.74) is 14.6. The second kappa shape index (κ2) is 19.0. The van der Waals surface area contributed by atoms with Crippen LogP contribution in [-0.4, -0.2) is 7.32 Å². The van der Waals surface area contributed by atoms with Crippen molar-refractivity contribution in [2.24, 2.45) is 0 Å². The van der Waals surface area contributed by atoms with Crippen LogP contribution in [0.2, 0.25) is 0 Å². The number of unbranched alkanes of at least 4 members (excludes halogenated alkanes) is 3. The highest BCUT2D eigenvalue weighted by Crippen LogP contribution is 2.39. The Morgan fingerprint density at radius 2 is 0.978 bits per heavy atom. The van der Waals surface area contributed by atoms with Gasteiger partial charge in [-0.2, -0.15) is 35.9 Å². The molecule has 0 aliphatic heterocycles. The van der Waals surface area contributed by atoms with Gasteiger partial charge < -0.3 is 19.7 Å². The molecule has 0 radical (unpaired) electrons. The minimum atomic E-state index is -0.943. The van der Waals surface area contributed by atoms with Gasteiger partial charge in [0.2, 0.25) is 0 Å². The monoisotopic (exact) mass is 607 g/mol. The summed E-state index contributed by atoms with van der Waals surface area (Å²) >= 11 is 0. The van der Waals surface area contributed by atoms with Crippen LogP contribution in [0.4, 0.5) is 5.69 Å². The van der Waals surface area contributed by atoms with Crippen LogP contribution in [0.25, 0.3) is 0 Å². The first-order chi connectivity index (χ1) is 21.8. The van der Waals surface area contributed by atoms with E-state index in [1.54, 1.807) is 0 Å². The molecule has 3 N–H and O–H groups in total. The number of quaternary nitrogens is 1. The molecule has 0 atom stereocenters. The number of aryl methyl sites for hydroxylation is 3. The van der Waals surface area contributed by atoms with E-state index in [1.165, 1.54) is 38.9 Å². The van der Waals surface area contributed by atoms with Crippen LogP contribution < -0.4 is 19.7 Å². The lowest BCUT2D eigenvalue weighted by Gasteiger charge is -2.24. The summed E-state index contributed by atoms with van der Waals surface area (Å²) < 4.78 is 19.4. The largest absolute Gasteiger partial charge is 0.864 e. The van der Waals surface area contributed by atoms with Crippen molar-refractivity contribution in [3.63, 3.8) is 0 Å². The first-order valence-electron chi connectivity index (χ1n) is 16.8. The summed E-state index contributed by atoms with van der Waals surface area (Å²) in [5.74, 6) is 2.25. The third kappa shape index (κ3) is 11.3. The zero-order valence-corrected chi connectivity index (χ0v) is 28.8. The second-order valence-electron chi connectivity index (χ2n) is 12.0. The maximum Gasteiger partial charge on any atom is 0.864 e. The van der Waals surface area contributed by atoms with E-state index in [1.807, 2.05) is 72.8 Å². The molecule has 0 saturated heterocycles. The predicted molar refractivity (Wildman–Crippen MR) is 190 cm³/mol. The molecule has 0 heterocycles. The van der Waals surface area contributed by atoms with E-state index in [0.29, 0.717) is 11.5 Å².